The predicted molar refractivity (Wildman–Crippen MR) is 75.2 cm³/mol. The van der Waals surface area contributed by atoms with Gasteiger partial charge in [0, 0.05) is 11.6 Å². The standard InChI is InChI=1S/C15H20N2O/c1-17(2)9-5-7-13-10-14-12(6-4-8-16-14)11-15(13)18-3/h4,6,8,10-11H,5,7,9H2,1-3H3. The van der Waals surface area contributed by atoms with Crippen molar-refractivity contribution in [2.24, 2.45) is 0 Å². The Balaban J connectivity index is 2.24. The lowest BCUT2D eigenvalue weighted by Crippen LogP contribution is -2.13. The third-order valence-electron chi connectivity index (χ3n) is 3.06. The van der Waals surface area contributed by atoms with Gasteiger partial charge in [0.05, 0.1) is 12.6 Å². The van der Waals surface area contributed by atoms with E-state index >= 15 is 0 Å². The van der Waals surface area contributed by atoms with Gasteiger partial charge >= 0.3 is 0 Å². The van der Waals surface area contributed by atoms with E-state index in [1.807, 2.05) is 12.3 Å². The van der Waals surface area contributed by atoms with Gasteiger partial charge in [-0.15, -0.1) is 0 Å². The van der Waals surface area contributed by atoms with Gasteiger partial charge in [-0.1, -0.05) is 6.07 Å². The molecule has 1 aromatic heterocycles. The van der Waals surface area contributed by atoms with Crippen molar-refractivity contribution in [3.63, 3.8) is 0 Å². The van der Waals surface area contributed by atoms with Crippen LogP contribution in [0.2, 0.25) is 0 Å². The molecule has 0 radical (unpaired) electrons. The lowest BCUT2D eigenvalue weighted by atomic mass is 10.1. The van der Waals surface area contributed by atoms with Crippen LogP contribution in [0.1, 0.15) is 12.0 Å². The first-order chi connectivity index (χ1) is 8.70. The minimum Gasteiger partial charge on any atom is -0.496 e. The predicted octanol–water partition coefficient (Wildman–Crippen LogP) is 2.74. The summed E-state index contributed by atoms with van der Waals surface area (Å²) in [5.41, 5.74) is 2.28. The summed E-state index contributed by atoms with van der Waals surface area (Å²) in [4.78, 5) is 6.59. The molecule has 3 heteroatoms. The first-order valence-electron chi connectivity index (χ1n) is 6.27. The van der Waals surface area contributed by atoms with Gasteiger partial charge in [-0.3, -0.25) is 4.98 Å². The van der Waals surface area contributed by atoms with Gasteiger partial charge in [0.25, 0.3) is 0 Å². The number of pyridine rings is 1. The van der Waals surface area contributed by atoms with Gasteiger partial charge in [0.15, 0.2) is 0 Å². The fraction of sp³-hybridized carbons (Fsp3) is 0.400. The van der Waals surface area contributed by atoms with E-state index < -0.39 is 0 Å². The van der Waals surface area contributed by atoms with Crippen molar-refractivity contribution in [2.45, 2.75) is 12.8 Å². The maximum Gasteiger partial charge on any atom is 0.122 e. The fourth-order valence-corrected chi connectivity index (χ4v) is 2.11. The van der Waals surface area contributed by atoms with Gasteiger partial charge in [0.1, 0.15) is 5.75 Å². The van der Waals surface area contributed by atoms with Crippen LogP contribution in [0.5, 0.6) is 5.75 Å². The Hall–Kier alpha value is -1.61. The average molecular weight is 244 g/mol. The van der Waals surface area contributed by atoms with Crippen molar-refractivity contribution in [3.8, 4) is 5.75 Å². The molecule has 96 valence electrons. The first-order valence-corrected chi connectivity index (χ1v) is 6.27. The van der Waals surface area contributed by atoms with E-state index in [9.17, 15) is 0 Å². The summed E-state index contributed by atoms with van der Waals surface area (Å²) < 4.78 is 5.47. The van der Waals surface area contributed by atoms with Crippen LogP contribution in [0, 0.1) is 0 Å². The van der Waals surface area contributed by atoms with Crippen LogP contribution >= 0.6 is 0 Å². The molecule has 0 aliphatic heterocycles. The Morgan fingerprint density at radius 2 is 2.11 bits per heavy atom. The van der Waals surface area contributed by atoms with Crippen LogP contribution in [0.25, 0.3) is 10.9 Å². The van der Waals surface area contributed by atoms with E-state index in [2.05, 4.69) is 42.2 Å². The van der Waals surface area contributed by atoms with Gasteiger partial charge in [-0.05, 0) is 57.2 Å². The van der Waals surface area contributed by atoms with Crippen molar-refractivity contribution in [1.29, 1.82) is 0 Å². The van der Waals surface area contributed by atoms with Gasteiger partial charge in [0.2, 0.25) is 0 Å². The third kappa shape index (κ3) is 2.99. The first kappa shape index (κ1) is 12.8. The summed E-state index contributed by atoms with van der Waals surface area (Å²) in [6.45, 7) is 1.09. The summed E-state index contributed by atoms with van der Waals surface area (Å²) in [5, 5.41) is 1.13. The molecule has 0 unspecified atom stereocenters. The van der Waals surface area contributed by atoms with Crippen LogP contribution in [0.3, 0.4) is 0 Å². The highest BCUT2D eigenvalue weighted by atomic mass is 16.5. The molecule has 2 rings (SSSR count). The fourth-order valence-electron chi connectivity index (χ4n) is 2.11. The number of hydrogen-bond acceptors (Lipinski definition) is 3. The Morgan fingerprint density at radius 1 is 1.28 bits per heavy atom. The van der Waals surface area contributed by atoms with E-state index in [4.69, 9.17) is 4.74 Å². The maximum atomic E-state index is 5.47. The van der Waals surface area contributed by atoms with Crippen LogP contribution in [-0.4, -0.2) is 37.6 Å². The van der Waals surface area contributed by atoms with Crippen LogP contribution in [0.15, 0.2) is 30.5 Å². The largest absolute Gasteiger partial charge is 0.496 e. The molecule has 1 heterocycles. The zero-order valence-corrected chi connectivity index (χ0v) is 11.3. The maximum absolute atomic E-state index is 5.47. The summed E-state index contributed by atoms with van der Waals surface area (Å²) in [6, 6.07) is 8.24. The van der Waals surface area contributed by atoms with E-state index in [-0.39, 0.29) is 0 Å². The summed E-state index contributed by atoms with van der Waals surface area (Å²) in [7, 11) is 5.92. The minimum atomic E-state index is 0.967. The van der Waals surface area contributed by atoms with Gasteiger partial charge in [-0.25, -0.2) is 0 Å². The number of nitrogens with zero attached hydrogens (tertiary/aromatic N) is 2. The lowest BCUT2D eigenvalue weighted by Gasteiger charge is -2.12. The Bertz CT molecular complexity index is 523. The summed E-state index contributed by atoms with van der Waals surface area (Å²) in [5.74, 6) is 0.967. The van der Waals surface area contributed by atoms with Gasteiger partial charge < -0.3 is 9.64 Å². The van der Waals surface area contributed by atoms with Crippen molar-refractivity contribution in [2.75, 3.05) is 27.7 Å². The number of ether oxygens (including phenoxy) is 1. The second-order valence-electron chi connectivity index (χ2n) is 4.77. The molecule has 0 aliphatic carbocycles. The molecule has 3 nitrogen and oxygen atoms in total. The van der Waals surface area contributed by atoms with E-state index in [1.54, 1.807) is 7.11 Å². The normalized spacial score (nSPS) is 11.1. The molecular formula is C15H20N2O. The molecule has 0 aliphatic rings. The molecule has 0 spiro atoms. The Kier molecular flexibility index (Phi) is 4.15. The average Bonchev–Trinajstić information content (AvgIpc) is 2.37. The van der Waals surface area contributed by atoms with E-state index in [1.165, 1.54) is 5.56 Å². The number of rotatable bonds is 5. The smallest absolute Gasteiger partial charge is 0.122 e. The Labute approximate surface area is 108 Å². The zero-order chi connectivity index (χ0) is 13.0. The molecule has 0 N–H and O–H groups in total. The number of methoxy groups -OCH3 is 1. The second-order valence-corrected chi connectivity index (χ2v) is 4.77. The number of aromatic nitrogens is 1. The summed E-state index contributed by atoms with van der Waals surface area (Å²) in [6.07, 6.45) is 3.98. The molecule has 0 saturated carbocycles. The van der Waals surface area contributed by atoms with Crippen molar-refractivity contribution < 1.29 is 4.74 Å². The second kappa shape index (κ2) is 5.83. The zero-order valence-electron chi connectivity index (χ0n) is 11.3. The molecule has 0 bridgehead atoms. The highest BCUT2D eigenvalue weighted by Crippen LogP contribution is 2.25. The molecule has 0 atom stereocenters. The van der Waals surface area contributed by atoms with Crippen molar-refractivity contribution >= 4 is 10.9 Å². The minimum absolute atomic E-state index is 0.967. The third-order valence-corrected chi connectivity index (χ3v) is 3.06. The highest BCUT2D eigenvalue weighted by molar-refractivity contribution is 5.81. The summed E-state index contributed by atoms with van der Waals surface area (Å²) >= 11 is 0. The molecule has 0 saturated heterocycles. The highest BCUT2D eigenvalue weighted by Gasteiger charge is 2.06. The van der Waals surface area contributed by atoms with Gasteiger partial charge in [-0.2, -0.15) is 0 Å². The van der Waals surface area contributed by atoms with E-state index in [0.717, 1.165) is 36.0 Å². The van der Waals surface area contributed by atoms with Crippen LogP contribution < -0.4 is 4.74 Å². The van der Waals surface area contributed by atoms with Crippen LogP contribution in [-0.2, 0) is 6.42 Å². The number of aryl methyl sites for hydroxylation is 1. The number of fused-ring (bicyclic) bond motifs is 1. The topological polar surface area (TPSA) is 25.4 Å². The molecular weight excluding hydrogens is 224 g/mol. The number of hydrogen-bond donors (Lipinski definition) is 0. The number of benzene rings is 1. The lowest BCUT2D eigenvalue weighted by molar-refractivity contribution is 0.391. The van der Waals surface area contributed by atoms with Crippen molar-refractivity contribution in [3.05, 3.63) is 36.0 Å². The molecule has 18 heavy (non-hydrogen) atoms. The molecule has 0 amide bonds. The Morgan fingerprint density at radius 3 is 2.83 bits per heavy atom. The molecule has 2 aromatic rings. The van der Waals surface area contributed by atoms with Crippen LogP contribution in [0.4, 0.5) is 0 Å². The monoisotopic (exact) mass is 244 g/mol. The molecule has 1 aromatic carbocycles. The van der Waals surface area contributed by atoms with E-state index in [0.29, 0.717) is 0 Å². The van der Waals surface area contributed by atoms with Crippen molar-refractivity contribution in [1.82, 2.24) is 9.88 Å². The quantitative estimate of drug-likeness (QED) is 0.808. The molecule has 0 fully saturated rings. The SMILES string of the molecule is COc1cc2cccnc2cc1CCCN(C)C.